The number of carbonyl (C=O) groups excluding carboxylic acids is 1. The Kier molecular flexibility index (Phi) is 1.80. The number of thiophene rings is 1. The second kappa shape index (κ2) is 2.95. The normalized spacial score (nSPS) is 10.0. The van der Waals surface area contributed by atoms with Gasteiger partial charge in [0.15, 0.2) is 6.29 Å². The minimum absolute atomic E-state index is 0.724. The zero-order valence-electron chi connectivity index (χ0n) is 6.19. The number of aldehydes is 1. The number of rotatable bonds is 2. The number of furan rings is 1. The van der Waals surface area contributed by atoms with E-state index in [1.165, 1.54) is 11.3 Å². The molecule has 0 spiro atoms. The minimum Gasteiger partial charge on any atom is -0.472 e. The van der Waals surface area contributed by atoms with Crippen LogP contribution in [0.5, 0.6) is 0 Å². The lowest BCUT2D eigenvalue weighted by atomic mass is 10.1. The van der Waals surface area contributed by atoms with Gasteiger partial charge in [0.2, 0.25) is 0 Å². The van der Waals surface area contributed by atoms with Crippen molar-refractivity contribution in [1.29, 1.82) is 0 Å². The highest BCUT2D eigenvalue weighted by Crippen LogP contribution is 2.26. The molecule has 2 nitrogen and oxygen atoms in total. The van der Waals surface area contributed by atoms with E-state index in [4.69, 9.17) is 4.42 Å². The van der Waals surface area contributed by atoms with Gasteiger partial charge in [0.1, 0.15) is 0 Å². The first-order valence-electron chi connectivity index (χ1n) is 3.46. The number of hydrogen-bond acceptors (Lipinski definition) is 3. The molecule has 2 heterocycles. The maximum Gasteiger partial charge on any atom is 0.151 e. The van der Waals surface area contributed by atoms with Crippen molar-refractivity contribution in [1.82, 2.24) is 0 Å². The first-order valence-corrected chi connectivity index (χ1v) is 4.40. The average Bonchev–Trinajstić information content (AvgIpc) is 2.74. The van der Waals surface area contributed by atoms with Crippen LogP contribution in [0.3, 0.4) is 0 Å². The van der Waals surface area contributed by atoms with Crippen LogP contribution in [0.15, 0.2) is 33.8 Å². The molecule has 0 amide bonds. The minimum atomic E-state index is 0.724. The molecule has 0 aliphatic heterocycles. The molecule has 0 radical (unpaired) electrons. The summed E-state index contributed by atoms with van der Waals surface area (Å²) >= 11 is 1.52. The van der Waals surface area contributed by atoms with Gasteiger partial charge in [-0.25, -0.2) is 0 Å². The lowest BCUT2D eigenvalue weighted by Gasteiger charge is -1.90. The number of hydrogen-bond donors (Lipinski definition) is 0. The summed E-state index contributed by atoms with van der Waals surface area (Å²) in [6, 6.07) is 1.84. The van der Waals surface area contributed by atoms with Crippen LogP contribution >= 0.6 is 11.3 Å². The van der Waals surface area contributed by atoms with Gasteiger partial charge in [0, 0.05) is 22.1 Å². The van der Waals surface area contributed by atoms with Gasteiger partial charge in [0.05, 0.1) is 12.5 Å². The summed E-state index contributed by atoms with van der Waals surface area (Å²) in [7, 11) is 0. The Labute approximate surface area is 73.4 Å². The topological polar surface area (TPSA) is 30.2 Å². The molecule has 0 aliphatic rings. The Morgan fingerprint density at radius 1 is 1.42 bits per heavy atom. The van der Waals surface area contributed by atoms with E-state index in [9.17, 15) is 4.79 Å². The average molecular weight is 178 g/mol. The molecule has 2 rings (SSSR count). The van der Waals surface area contributed by atoms with Gasteiger partial charge in [-0.2, -0.15) is 11.3 Å². The first-order chi connectivity index (χ1) is 5.92. The third-order valence-electron chi connectivity index (χ3n) is 1.65. The van der Waals surface area contributed by atoms with Crippen LogP contribution < -0.4 is 0 Å². The van der Waals surface area contributed by atoms with Gasteiger partial charge < -0.3 is 4.42 Å². The van der Waals surface area contributed by atoms with Crippen molar-refractivity contribution in [2.75, 3.05) is 0 Å². The van der Waals surface area contributed by atoms with Crippen LogP contribution in [-0.2, 0) is 0 Å². The van der Waals surface area contributed by atoms with Crippen molar-refractivity contribution in [2.45, 2.75) is 0 Å². The SMILES string of the molecule is O=Cc1cscc1-c1ccoc1. The van der Waals surface area contributed by atoms with Crippen LogP contribution in [0.1, 0.15) is 10.4 Å². The second-order valence-corrected chi connectivity index (χ2v) is 3.11. The van der Waals surface area contributed by atoms with Gasteiger partial charge >= 0.3 is 0 Å². The Hall–Kier alpha value is -1.35. The van der Waals surface area contributed by atoms with E-state index in [2.05, 4.69) is 0 Å². The smallest absolute Gasteiger partial charge is 0.151 e. The van der Waals surface area contributed by atoms with Crippen LogP contribution in [0.25, 0.3) is 11.1 Å². The highest BCUT2D eigenvalue weighted by Gasteiger charge is 2.05. The fraction of sp³-hybridized carbons (Fsp3) is 0. The van der Waals surface area contributed by atoms with Crippen molar-refractivity contribution in [3.8, 4) is 11.1 Å². The Morgan fingerprint density at radius 3 is 3.00 bits per heavy atom. The molecule has 0 N–H and O–H groups in total. The Morgan fingerprint density at radius 2 is 2.33 bits per heavy atom. The van der Waals surface area contributed by atoms with Gasteiger partial charge in [-0.05, 0) is 11.4 Å². The summed E-state index contributed by atoms with van der Waals surface area (Å²) in [4.78, 5) is 10.6. The van der Waals surface area contributed by atoms with Gasteiger partial charge in [0.25, 0.3) is 0 Å². The maximum atomic E-state index is 10.6. The van der Waals surface area contributed by atoms with E-state index < -0.39 is 0 Å². The molecule has 0 aliphatic carbocycles. The first kappa shape index (κ1) is 7.31. The molecule has 0 saturated carbocycles. The Balaban J connectivity index is 2.53. The van der Waals surface area contributed by atoms with Crippen LogP contribution in [-0.4, -0.2) is 6.29 Å². The summed E-state index contributed by atoms with van der Waals surface area (Å²) in [5.74, 6) is 0. The highest BCUT2D eigenvalue weighted by atomic mass is 32.1. The van der Waals surface area contributed by atoms with E-state index in [-0.39, 0.29) is 0 Å². The molecule has 2 aromatic heterocycles. The lowest BCUT2D eigenvalue weighted by molar-refractivity contribution is 0.112. The largest absolute Gasteiger partial charge is 0.472 e. The predicted octanol–water partition coefficient (Wildman–Crippen LogP) is 2.82. The zero-order valence-corrected chi connectivity index (χ0v) is 7.01. The molecule has 0 saturated heterocycles. The molecular weight excluding hydrogens is 172 g/mol. The van der Waals surface area contributed by atoms with Gasteiger partial charge in [-0.1, -0.05) is 0 Å². The maximum absolute atomic E-state index is 10.6. The molecule has 0 fully saturated rings. The highest BCUT2D eigenvalue weighted by molar-refractivity contribution is 7.08. The third-order valence-corrected chi connectivity index (χ3v) is 2.41. The van der Waals surface area contributed by atoms with Gasteiger partial charge in [-0.3, -0.25) is 4.79 Å². The van der Waals surface area contributed by atoms with Crippen LogP contribution in [0.4, 0.5) is 0 Å². The van der Waals surface area contributed by atoms with E-state index >= 15 is 0 Å². The van der Waals surface area contributed by atoms with Crippen LogP contribution in [0, 0.1) is 0 Å². The summed E-state index contributed by atoms with van der Waals surface area (Å²) in [6.07, 6.45) is 4.09. The summed E-state index contributed by atoms with van der Waals surface area (Å²) in [5, 5.41) is 3.77. The van der Waals surface area contributed by atoms with Crippen molar-refractivity contribution in [3.63, 3.8) is 0 Å². The molecule has 0 bridgehead atoms. The predicted molar refractivity (Wildman–Crippen MR) is 47.4 cm³/mol. The molecule has 12 heavy (non-hydrogen) atoms. The number of carbonyl (C=O) groups is 1. The summed E-state index contributed by atoms with van der Waals surface area (Å²) in [5.41, 5.74) is 2.63. The van der Waals surface area contributed by atoms with E-state index in [0.717, 1.165) is 23.0 Å². The second-order valence-electron chi connectivity index (χ2n) is 2.37. The fourth-order valence-corrected chi connectivity index (χ4v) is 1.86. The molecule has 0 aromatic carbocycles. The fourth-order valence-electron chi connectivity index (χ4n) is 1.05. The molecular formula is C9H6O2S. The summed E-state index contributed by atoms with van der Waals surface area (Å²) < 4.78 is 4.93. The van der Waals surface area contributed by atoms with Gasteiger partial charge in [-0.15, -0.1) is 0 Å². The molecule has 3 heteroatoms. The lowest BCUT2D eigenvalue weighted by Crippen LogP contribution is -1.77. The zero-order chi connectivity index (χ0) is 8.39. The van der Waals surface area contributed by atoms with Crippen molar-refractivity contribution < 1.29 is 9.21 Å². The molecule has 0 unspecified atom stereocenters. The summed E-state index contributed by atoms with van der Waals surface area (Å²) in [6.45, 7) is 0. The van der Waals surface area contributed by atoms with Crippen molar-refractivity contribution >= 4 is 17.6 Å². The quantitative estimate of drug-likeness (QED) is 0.662. The standard InChI is InChI=1S/C9H6O2S/c10-3-8-5-12-6-9(8)7-1-2-11-4-7/h1-6H. The molecule has 2 aromatic rings. The van der Waals surface area contributed by atoms with E-state index in [1.807, 2.05) is 16.8 Å². The third kappa shape index (κ3) is 1.08. The van der Waals surface area contributed by atoms with Crippen molar-refractivity contribution in [2.24, 2.45) is 0 Å². The molecule has 60 valence electrons. The van der Waals surface area contributed by atoms with E-state index in [0.29, 0.717) is 0 Å². The molecule has 0 atom stereocenters. The Bertz CT molecular complexity index is 373. The monoisotopic (exact) mass is 178 g/mol. The van der Waals surface area contributed by atoms with E-state index in [1.54, 1.807) is 12.5 Å². The van der Waals surface area contributed by atoms with Crippen LogP contribution in [0.2, 0.25) is 0 Å². The van der Waals surface area contributed by atoms with Crippen molar-refractivity contribution in [3.05, 3.63) is 34.9 Å².